The fraction of sp³-hybridized carbons (Fsp3) is 0.0625. The zero-order valence-electron chi connectivity index (χ0n) is 11.9. The highest BCUT2D eigenvalue weighted by molar-refractivity contribution is 7.90. The normalized spacial score (nSPS) is 11.7. The van der Waals surface area contributed by atoms with Gasteiger partial charge in [0.25, 0.3) is 15.9 Å². The van der Waals surface area contributed by atoms with Crippen molar-refractivity contribution in [2.24, 2.45) is 5.73 Å². The first-order valence-electron chi connectivity index (χ1n) is 6.64. The Labute approximate surface area is 128 Å². The third-order valence-electron chi connectivity index (χ3n) is 3.55. The Morgan fingerprint density at radius 2 is 1.73 bits per heavy atom. The quantitative estimate of drug-likeness (QED) is 0.805. The smallest absolute Gasteiger partial charge is 0.268 e. The van der Waals surface area contributed by atoms with Crippen LogP contribution in [0.15, 0.2) is 59.5 Å². The van der Waals surface area contributed by atoms with E-state index >= 15 is 0 Å². The molecule has 6 heteroatoms. The lowest BCUT2D eigenvalue weighted by Gasteiger charge is -2.10. The highest BCUT2D eigenvalue weighted by Crippen LogP contribution is 2.27. The lowest BCUT2D eigenvalue weighted by Crippen LogP contribution is -2.22. The van der Waals surface area contributed by atoms with Crippen LogP contribution in [0.1, 0.15) is 16.1 Å². The number of hydrogen-bond acceptors (Lipinski definition) is 3. The van der Waals surface area contributed by atoms with E-state index in [2.05, 4.69) is 0 Å². The second-order valence-corrected chi connectivity index (χ2v) is 6.77. The molecule has 0 bridgehead atoms. The van der Waals surface area contributed by atoms with Crippen molar-refractivity contribution in [1.29, 1.82) is 0 Å². The number of carbonyl (C=O) groups excluding carboxylic acids is 1. The molecule has 0 saturated carbocycles. The van der Waals surface area contributed by atoms with Gasteiger partial charge in [-0.25, -0.2) is 12.4 Å². The van der Waals surface area contributed by atoms with E-state index in [-0.39, 0.29) is 10.6 Å². The monoisotopic (exact) mass is 314 g/mol. The highest BCUT2D eigenvalue weighted by atomic mass is 32.2. The number of nitrogens with two attached hydrogens (primary N) is 1. The van der Waals surface area contributed by atoms with Crippen LogP contribution in [-0.4, -0.2) is 18.3 Å². The number of amides is 1. The van der Waals surface area contributed by atoms with Gasteiger partial charge in [-0.05, 0) is 36.8 Å². The molecule has 2 N–H and O–H groups in total. The van der Waals surface area contributed by atoms with Crippen molar-refractivity contribution in [3.05, 3.63) is 65.9 Å². The van der Waals surface area contributed by atoms with Crippen LogP contribution in [0.3, 0.4) is 0 Å². The summed E-state index contributed by atoms with van der Waals surface area (Å²) in [5.74, 6) is -0.782. The number of nitrogens with zero attached hydrogens (tertiary/aromatic N) is 1. The molecule has 1 aromatic heterocycles. The summed E-state index contributed by atoms with van der Waals surface area (Å²) in [5.41, 5.74) is 6.65. The van der Waals surface area contributed by atoms with Crippen molar-refractivity contribution in [2.45, 2.75) is 11.8 Å². The van der Waals surface area contributed by atoms with Gasteiger partial charge in [-0.2, -0.15) is 0 Å². The summed E-state index contributed by atoms with van der Waals surface area (Å²) in [4.78, 5) is 11.8. The number of benzene rings is 2. The van der Waals surface area contributed by atoms with E-state index in [1.165, 1.54) is 18.2 Å². The SMILES string of the molecule is Cc1cccc2c1cc(C(N)=O)n2S(=O)(=O)c1ccccc1. The van der Waals surface area contributed by atoms with E-state index in [4.69, 9.17) is 5.73 Å². The predicted molar refractivity (Wildman–Crippen MR) is 84.2 cm³/mol. The van der Waals surface area contributed by atoms with Crippen LogP contribution in [0, 0.1) is 6.92 Å². The molecular formula is C16H14N2O3S. The molecule has 0 aliphatic heterocycles. The van der Waals surface area contributed by atoms with E-state index < -0.39 is 15.9 Å². The van der Waals surface area contributed by atoms with Gasteiger partial charge in [0, 0.05) is 5.39 Å². The summed E-state index contributed by atoms with van der Waals surface area (Å²) in [6, 6.07) is 14.8. The zero-order chi connectivity index (χ0) is 15.9. The summed E-state index contributed by atoms with van der Waals surface area (Å²) in [5, 5.41) is 0.691. The second kappa shape index (κ2) is 4.99. The van der Waals surface area contributed by atoms with Crippen molar-refractivity contribution >= 4 is 26.8 Å². The van der Waals surface area contributed by atoms with Crippen molar-refractivity contribution < 1.29 is 13.2 Å². The molecule has 3 rings (SSSR count). The molecule has 5 nitrogen and oxygen atoms in total. The maximum Gasteiger partial charge on any atom is 0.268 e. The van der Waals surface area contributed by atoms with Crippen molar-refractivity contribution in [3.63, 3.8) is 0 Å². The molecule has 0 saturated heterocycles. The summed E-state index contributed by atoms with van der Waals surface area (Å²) in [6.07, 6.45) is 0. The van der Waals surface area contributed by atoms with Crippen LogP contribution < -0.4 is 5.73 Å². The van der Waals surface area contributed by atoms with E-state index in [0.29, 0.717) is 10.9 Å². The zero-order valence-corrected chi connectivity index (χ0v) is 12.7. The Bertz CT molecular complexity index is 973. The van der Waals surface area contributed by atoms with Gasteiger partial charge in [0.15, 0.2) is 0 Å². The molecule has 0 aliphatic carbocycles. The standard InChI is InChI=1S/C16H14N2O3S/c1-11-6-5-9-14-13(11)10-15(16(17)19)18(14)22(20,21)12-7-3-2-4-8-12/h2-10H,1H3,(H2,17,19). The average Bonchev–Trinajstić information content (AvgIpc) is 2.90. The first kappa shape index (κ1) is 14.3. The van der Waals surface area contributed by atoms with Gasteiger partial charge >= 0.3 is 0 Å². The Hall–Kier alpha value is -2.60. The summed E-state index contributed by atoms with van der Waals surface area (Å²) in [7, 11) is -3.90. The van der Waals surface area contributed by atoms with E-state index in [1.807, 2.05) is 13.0 Å². The number of hydrogen-bond donors (Lipinski definition) is 1. The average molecular weight is 314 g/mol. The van der Waals surface area contributed by atoms with Gasteiger partial charge in [0.2, 0.25) is 0 Å². The van der Waals surface area contributed by atoms with Gasteiger partial charge < -0.3 is 5.73 Å². The molecule has 2 aromatic carbocycles. The van der Waals surface area contributed by atoms with Crippen LogP contribution in [0.2, 0.25) is 0 Å². The lowest BCUT2D eigenvalue weighted by molar-refractivity contribution is 0.0995. The van der Waals surface area contributed by atoms with Gasteiger partial charge in [0.1, 0.15) is 5.69 Å². The number of aryl methyl sites for hydroxylation is 1. The van der Waals surface area contributed by atoms with Crippen molar-refractivity contribution in [3.8, 4) is 0 Å². The molecule has 0 radical (unpaired) electrons. The van der Waals surface area contributed by atoms with Crippen molar-refractivity contribution in [2.75, 3.05) is 0 Å². The molecule has 112 valence electrons. The molecule has 0 fully saturated rings. The molecule has 1 amide bonds. The third kappa shape index (κ3) is 2.08. The minimum absolute atomic E-state index is 0.0480. The van der Waals surface area contributed by atoms with E-state index in [9.17, 15) is 13.2 Å². The molecule has 1 heterocycles. The molecule has 3 aromatic rings. The summed E-state index contributed by atoms with van der Waals surface area (Å²) < 4.78 is 26.8. The number of fused-ring (bicyclic) bond motifs is 1. The first-order chi connectivity index (χ1) is 10.4. The maximum absolute atomic E-state index is 12.9. The topological polar surface area (TPSA) is 82.2 Å². The molecule has 0 spiro atoms. The van der Waals surface area contributed by atoms with Crippen LogP contribution in [0.4, 0.5) is 0 Å². The Morgan fingerprint density at radius 3 is 2.36 bits per heavy atom. The number of carbonyl (C=O) groups is 1. The van der Waals surface area contributed by atoms with E-state index in [0.717, 1.165) is 9.54 Å². The fourth-order valence-electron chi connectivity index (χ4n) is 2.48. The number of rotatable bonds is 3. The molecule has 22 heavy (non-hydrogen) atoms. The van der Waals surface area contributed by atoms with Crippen LogP contribution in [0.5, 0.6) is 0 Å². The number of aromatic nitrogens is 1. The molecule has 0 unspecified atom stereocenters. The Morgan fingerprint density at radius 1 is 1.05 bits per heavy atom. The van der Waals surface area contributed by atoms with E-state index in [1.54, 1.807) is 30.3 Å². The second-order valence-electron chi connectivity index (χ2n) is 4.98. The van der Waals surface area contributed by atoms with Crippen molar-refractivity contribution in [1.82, 2.24) is 3.97 Å². The molecule has 0 aliphatic rings. The van der Waals surface area contributed by atoms with Crippen LogP contribution >= 0.6 is 0 Å². The maximum atomic E-state index is 12.9. The largest absolute Gasteiger partial charge is 0.364 e. The third-order valence-corrected chi connectivity index (χ3v) is 5.30. The van der Waals surface area contributed by atoms with Crippen LogP contribution in [-0.2, 0) is 10.0 Å². The fourth-order valence-corrected chi connectivity index (χ4v) is 4.01. The van der Waals surface area contributed by atoms with Gasteiger partial charge in [-0.15, -0.1) is 0 Å². The van der Waals surface area contributed by atoms with Crippen LogP contribution in [0.25, 0.3) is 10.9 Å². The summed E-state index contributed by atoms with van der Waals surface area (Å²) >= 11 is 0. The highest BCUT2D eigenvalue weighted by Gasteiger charge is 2.25. The molecule has 0 atom stereocenters. The Balaban J connectivity index is 2.42. The first-order valence-corrected chi connectivity index (χ1v) is 8.08. The van der Waals surface area contributed by atoms with Gasteiger partial charge in [-0.1, -0.05) is 30.3 Å². The number of primary amides is 1. The molecular weight excluding hydrogens is 300 g/mol. The lowest BCUT2D eigenvalue weighted by atomic mass is 10.1. The Kier molecular flexibility index (Phi) is 3.26. The summed E-state index contributed by atoms with van der Waals surface area (Å²) in [6.45, 7) is 1.85. The minimum atomic E-state index is -3.90. The van der Waals surface area contributed by atoms with Gasteiger partial charge in [-0.3, -0.25) is 4.79 Å². The predicted octanol–water partition coefficient (Wildman–Crippen LogP) is 2.29. The van der Waals surface area contributed by atoms with Gasteiger partial charge in [0.05, 0.1) is 10.4 Å². The minimum Gasteiger partial charge on any atom is -0.364 e.